The van der Waals surface area contributed by atoms with Crippen LogP contribution in [-0.4, -0.2) is 43.2 Å². The Labute approximate surface area is 120 Å². The number of fused-ring (bicyclic) bond motifs is 1. The minimum absolute atomic E-state index is 0.0750. The van der Waals surface area contributed by atoms with E-state index in [0.717, 1.165) is 18.5 Å². The van der Waals surface area contributed by atoms with Crippen molar-refractivity contribution >= 4 is 17.5 Å². The van der Waals surface area contributed by atoms with E-state index < -0.39 is 18.4 Å². The normalized spacial score (nSPS) is 10.7. The summed E-state index contributed by atoms with van der Waals surface area (Å²) in [7, 11) is 0. The van der Waals surface area contributed by atoms with E-state index in [0.29, 0.717) is 6.42 Å². The van der Waals surface area contributed by atoms with Gasteiger partial charge in [0.25, 0.3) is 5.91 Å². The van der Waals surface area contributed by atoms with Crippen molar-refractivity contribution in [2.45, 2.75) is 26.2 Å². The van der Waals surface area contributed by atoms with E-state index in [2.05, 4.69) is 15.4 Å². The number of nitrogens with one attached hydrogen (secondary N) is 1. The average Bonchev–Trinajstić information content (AvgIpc) is 2.91. The molecular formula is C13H16N4O4. The fourth-order valence-corrected chi connectivity index (χ4v) is 2.03. The van der Waals surface area contributed by atoms with Crippen LogP contribution in [0.4, 0.5) is 0 Å². The maximum absolute atomic E-state index is 12.0. The highest BCUT2D eigenvalue weighted by Crippen LogP contribution is 2.23. The van der Waals surface area contributed by atoms with E-state index in [-0.39, 0.29) is 17.0 Å². The number of carbonyl (C=O) groups is 2. The lowest BCUT2D eigenvalue weighted by Crippen LogP contribution is -2.29. The fraction of sp³-hybridized carbons (Fsp3) is 0.385. The van der Waals surface area contributed by atoms with Crippen LogP contribution >= 0.6 is 0 Å². The maximum atomic E-state index is 12.0. The molecule has 2 aromatic rings. The molecule has 3 N–H and O–H groups in total. The number of hydrogen-bond acceptors (Lipinski definition) is 5. The molecule has 0 unspecified atom stereocenters. The number of carboxylic acids is 1. The maximum Gasteiger partial charge on any atom is 0.322 e. The van der Waals surface area contributed by atoms with Crippen LogP contribution in [0.1, 0.15) is 35.8 Å². The third-order valence-corrected chi connectivity index (χ3v) is 3.02. The van der Waals surface area contributed by atoms with Crippen LogP contribution in [0, 0.1) is 0 Å². The lowest BCUT2D eigenvalue weighted by Gasteiger charge is -2.10. The van der Waals surface area contributed by atoms with Crippen molar-refractivity contribution in [2.24, 2.45) is 0 Å². The largest absolute Gasteiger partial charge is 0.507 e. The van der Waals surface area contributed by atoms with Gasteiger partial charge in [0.1, 0.15) is 24.2 Å². The fourth-order valence-electron chi connectivity index (χ4n) is 2.03. The second-order valence-electron chi connectivity index (χ2n) is 4.57. The molecule has 0 spiro atoms. The highest BCUT2D eigenvalue weighted by molar-refractivity contribution is 6.03. The molecule has 1 amide bonds. The number of aryl methyl sites for hydroxylation is 1. The lowest BCUT2D eigenvalue weighted by atomic mass is 10.1. The molecule has 8 heteroatoms. The summed E-state index contributed by atoms with van der Waals surface area (Å²) in [6.45, 7) is 1.52. The van der Waals surface area contributed by atoms with Crippen molar-refractivity contribution in [2.75, 3.05) is 6.54 Å². The number of carboxylic acid groups (broad SMARTS) is 1. The molecule has 112 valence electrons. The number of nitrogens with zero attached hydrogens (tertiary/aromatic N) is 3. The Bertz CT molecular complexity index is 680. The number of carbonyl (C=O) groups excluding carboxylic acids is 1. The first-order valence-corrected chi connectivity index (χ1v) is 6.59. The van der Waals surface area contributed by atoms with Gasteiger partial charge in [0, 0.05) is 11.8 Å². The molecule has 0 fully saturated rings. The standard InChI is InChI=1S/C13H16N4O4/c1-2-3-4-8-5-9(18)11(12-15-7-16-17(8)12)13(21)14-6-10(19)20/h5,7,18H,2-4,6H2,1H3,(H,14,21)(H,19,20). The summed E-state index contributed by atoms with van der Waals surface area (Å²) in [6, 6.07) is 1.47. The molecule has 21 heavy (non-hydrogen) atoms. The van der Waals surface area contributed by atoms with Crippen molar-refractivity contribution in [1.82, 2.24) is 19.9 Å². The quantitative estimate of drug-likeness (QED) is 0.717. The van der Waals surface area contributed by atoms with Crippen molar-refractivity contribution in [3.8, 4) is 5.75 Å². The van der Waals surface area contributed by atoms with E-state index in [4.69, 9.17) is 5.11 Å². The zero-order chi connectivity index (χ0) is 15.4. The Hall–Kier alpha value is -2.64. The summed E-state index contributed by atoms with van der Waals surface area (Å²) in [5.41, 5.74) is 0.884. The number of hydrogen-bond donors (Lipinski definition) is 3. The summed E-state index contributed by atoms with van der Waals surface area (Å²) in [5, 5.41) is 24.9. The summed E-state index contributed by atoms with van der Waals surface area (Å²) < 4.78 is 1.49. The van der Waals surface area contributed by atoms with Gasteiger partial charge >= 0.3 is 5.97 Å². The molecule has 0 aromatic carbocycles. The number of amides is 1. The summed E-state index contributed by atoms with van der Waals surface area (Å²) in [6.07, 6.45) is 3.88. The molecule has 0 saturated heterocycles. The van der Waals surface area contributed by atoms with Gasteiger partial charge in [-0.25, -0.2) is 9.50 Å². The first-order chi connectivity index (χ1) is 10.0. The number of unbranched alkanes of at least 4 members (excludes halogenated alkanes) is 1. The number of rotatable bonds is 6. The average molecular weight is 292 g/mol. The molecule has 0 bridgehead atoms. The Morgan fingerprint density at radius 1 is 1.43 bits per heavy atom. The zero-order valence-electron chi connectivity index (χ0n) is 11.5. The molecule has 0 aliphatic heterocycles. The zero-order valence-corrected chi connectivity index (χ0v) is 11.5. The Morgan fingerprint density at radius 2 is 2.19 bits per heavy atom. The van der Waals surface area contributed by atoms with E-state index in [1.807, 2.05) is 6.92 Å². The van der Waals surface area contributed by atoms with Gasteiger partial charge < -0.3 is 15.5 Å². The van der Waals surface area contributed by atoms with Gasteiger partial charge in [0.05, 0.1) is 0 Å². The van der Waals surface area contributed by atoms with Gasteiger partial charge in [0.15, 0.2) is 5.65 Å². The number of aromatic nitrogens is 3. The van der Waals surface area contributed by atoms with Gasteiger partial charge in [-0.3, -0.25) is 9.59 Å². The van der Waals surface area contributed by atoms with E-state index >= 15 is 0 Å². The summed E-state index contributed by atoms with van der Waals surface area (Å²) in [4.78, 5) is 26.5. The molecule has 2 heterocycles. The van der Waals surface area contributed by atoms with E-state index in [1.54, 1.807) is 0 Å². The second kappa shape index (κ2) is 6.21. The predicted octanol–water partition coefficient (Wildman–Crippen LogP) is 0.592. The Balaban J connectivity index is 2.41. The molecular weight excluding hydrogens is 276 g/mol. The Morgan fingerprint density at radius 3 is 2.86 bits per heavy atom. The molecule has 2 rings (SSSR count). The van der Waals surface area contributed by atoms with E-state index in [9.17, 15) is 14.7 Å². The van der Waals surface area contributed by atoms with Crippen LogP contribution in [0.25, 0.3) is 5.65 Å². The molecule has 0 saturated carbocycles. The van der Waals surface area contributed by atoms with Crippen molar-refractivity contribution in [1.29, 1.82) is 0 Å². The van der Waals surface area contributed by atoms with Crippen LogP contribution in [0.3, 0.4) is 0 Å². The van der Waals surface area contributed by atoms with Crippen LogP contribution in [0.5, 0.6) is 5.75 Å². The highest BCUT2D eigenvalue weighted by atomic mass is 16.4. The first-order valence-electron chi connectivity index (χ1n) is 6.59. The van der Waals surface area contributed by atoms with Gasteiger partial charge in [-0.2, -0.15) is 5.10 Å². The minimum atomic E-state index is -1.17. The monoisotopic (exact) mass is 292 g/mol. The van der Waals surface area contributed by atoms with Gasteiger partial charge in [0.2, 0.25) is 0 Å². The lowest BCUT2D eigenvalue weighted by molar-refractivity contribution is -0.135. The SMILES string of the molecule is CCCCc1cc(O)c(C(=O)NCC(=O)O)c2ncnn12. The smallest absolute Gasteiger partial charge is 0.322 e. The molecule has 0 aliphatic rings. The highest BCUT2D eigenvalue weighted by Gasteiger charge is 2.20. The molecule has 0 atom stereocenters. The predicted molar refractivity (Wildman–Crippen MR) is 73.2 cm³/mol. The number of pyridine rings is 1. The van der Waals surface area contributed by atoms with Gasteiger partial charge in [-0.1, -0.05) is 13.3 Å². The van der Waals surface area contributed by atoms with Crippen LogP contribution in [0.15, 0.2) is 12.4 Å². The number of aromatic hydroxyl groups is 1. The molecule has 2 aromatic heterocycles. The molecule has 0 aliphatic carbocycles. The first kappa shape index (κ1) is 14.8. The Kier molecular flexibility index (Phi) is 4.36. The minimum Gasteiger partial charge on any atom is -0.507 e. The van der Waals surface area contributed by atoms with Crippen molar-refractivity contribution in [3.05, 3.63) is 23.7 Å². The third-order valence-electron chi connectivity index (χ3n) is 3.02. The van der Waals surface area contributed by atoms with Crippen LogP contribution in [0.2, 0.25) is 0 Å². The van der Waals surface area contributed by atoms with Gasteiger partial charge in [-0.05, 0) is 12.8 Å². The topological polar surface area (TPSA) is 117 Å². The van der Waals surface area contributed by atoms with Gasteiger partial charge in [-0.15, -0.1) is 0 Å². The molecule has 0 radical (unpaired) electrons. The van der Waals surface area contributed by atoms with Crippen LogP contribution in [-0.2, 0) is 11.2 Å². The summed E-state index contributed by atoms with van der Waals surface area (Å²) >= 11 is 0. The number of aliphatic carboxylic acids is 1. The third kappa shape index (κ3) is 3.10. The van der Waals surface area contributed by atoms with E-state index in [1.165, 1.54) is 16.9 Å². The second-order valence-corrected chi connectivity index (χ2v) is 4.57. The van der Waals surface area contributed by atoms with Crippen LogP contribution < -0.4 is 5.32 Å². The molecule has 8 nitrogen and oxygen atoms in total. The summed E-state index contributed by atoms with van der Waals surface area (Å²) in [5.74, 6) is -2.10. The van der Waals surface area contributed by atoms with Crippen molar-refractivity contribution in [3.63, 3.8) is 0 Å². The van der Waals surface area contributed by atoms with Crippen molar-refractivity contribution < 1.29 is 19.8 Å².